The maximum Gasteiger partial charge on any atom is 0.287 e. The largest absolute Gasteiger partial charge is 0.487 e. The molecule has 2 aromatic carbocycles. The molecule has 0 atom stereocenters. The Balaban J connectivity index is 1.65. The summed E-state index contributed by atoms with van der Waals surface area (Å²) in [5, 5.41) is 25.6. The number of rotatable bonds is 8. The third-order valence-electron chi connectivity index (χ3n) is 3.88. The van der Waals surface area contributed by atoms with Gasteiger partial charge in [0.2, 0.25) is 0 Å². The van der Waals surface area contributed by atoms with E-state index in [1.807, 2.05) is 6.07 Å². The fourth-order valence-electron chi connectivity index (χ4n) is 2.44. The van der Waals surface area contributed by atoms with Gasteiger partial charge in [0.1, 0.15) is 24.4 Å². The third-order valence-corrected chi connectivity index (χ3v) is 5.27. The van der Waals surface area contributed by atoms with Crippen LogP contribution in [0.3, 0.4) is 0 Å². The predicted octanol–water partition coefficient (Wildman–Crippen LogP) is 5.29. The molecule has 0 unspecified atom stereocenters. The zero-order chi connectivity index (χ0) is 22.4. The number of nitro groups is 2. The molecule has 3 aromatic rings. The molecule has 158 valence electrons. The highest BCUT2D eigenvalue weighted by atomic mass is 127. The van der Waals surface area contributed by atoms with E-state index in [9.17, 15) is 20.2 Å². The van der Waals surface area contributed by atoms with Crippen LogP contribution in [0.2, 0.25) is 0 Å². The molecule has 0 aliphatic carbocycles. The summed E-state index contributed by atoms with van der Waals surface area (Å²) in [5.74, 6) is 0.974. The Hall–Kier alpha value is -3.13. The molecule has 0 saturated carbocycles. The summed E-state index contributed by atoms with van der Waals surface area (Å²) >= 11 is 5.59. The molecule has 1 aromatic heterocycles. The van der Waals surface area contributed by atoms with Crippen molar-refractivity contribution in [3.63, 3.8) is 0 Å². The SMILES string of the molecule is O=[N+]([O-])c1ccc(N/N=C/c2cc(Br)c(OCc3cccc([N+](=O)[O-])c3)c(I)c2)nc1. The molecule has 3 rings (SSSR count). The second kappa shape index (κ2) is 10.3. The van der Waals surface area contributed by atoms with Crippen LogP contribution in [-0.2, 0) is 6.61 Å². The van der Waals surface area contributed by atoms with Crippen LogP contribution in [-0.4, -0.2) is 21.0 Å². The number of halogens is 2. The van der Waals surface area contributed by atoms with Crippen molar-refractivity contribution in [3.05, 3.63) is 94.1 Å². The monoisotopic (exact) mass is 597 g/mol. The van der Waals surface area contributed by atoms with E-state index >= 15 is 0 Å². The molecule has 1 N–H and O–H groups in total. The van der Waals surface area contributed by atoms with Crippen molar-refractivity contribution in [2.75, 3.05) is 5.43 Å². The van der Waals surface area contributed by atoms with Gasteiger partial charge >= 0.3 is 0 Å². The molecule has 0 bridgehead atoms. The highest BCUT2D eigenvalue weighted by Crippen LogP contribution is 2.32. The number of nitrogens with zero attached hydrogens (tertiary/aromatic N) is 4. The Morgan fingerprint density at radius 1 is 1.13 bits per heavy atom. The number of nitrogens with one attached hydrogen (secondary N) is 1. The molecule has 12 heteroatoms. The Labute approximate surface area is 197 Å². The number of hydrogen-bond acceptors (Lipinski definition) is 8. The van der Waals surface area contributed by atoms with Gasteiger partial charge in [-0.2, -0.15) is 5.10 Å². The summed E-state index contributed by atoms with van der Waals surface area (Å²) in [7, 11) is 0. The van der Waals surface area contributed by atoms with Gasteiger partial charge in [-0.1, -0.05) is 12.1 Å². The van der Waals surface area contributed by atoms with E-state index in [2.05, 4.69) is 54.0 Å². The number of pyridine rings is 1. The van der Waals surface area contributed by atoms with Gasteiger partial charge in [0, 0.05) is 18.2 Å². The van der Waals surface area contributed by atoms with Crippen molar-refractivity contribution < 1.29 is 14.6 Å². The molecule has 0 fully saturated rings. The first-order valence-electron chi connectivity index (χ1n) is 8.58. The maximum atomic E-state index is 10.9. The smallest absolute Gasteiger partial charge is 0.287 e. The lowest BCUT2D eigenvalue weighted by atomic mass is 10.2. The molecule has 1 heterocycles. The van der Waals surface area contributed by atoms with Crippen LogP contribution in [0.1, 0.15) is 11.1 Å². The van der Waals surface area contributed by atoms with Crippen LogP contribution in [0.15, 0.2) is 64.3 Å². The van der Waals surface area contributed by atoms with Crippen LogP contribution in [0.5, 0.6) is 5.75 Å². The van der Waals surface area contributed by atoms with Crippen LogP contribution in [0, 0.1) is 23.8 Å². The summed E-state index contributed by atoms with van der Waals surface area (Å²) in [5.41, 5.74) is 4.07. The van der Waals surface area contributed by atoms with E-state index in [0.717, 1.165) is 15.3 Å². The summed E-state index contributed by atoms with van der Waals surface area (Å²) < 4.78 is 7.35. The number of non-ortho nitro benzene ring substituents is 1. The normalized spacial score (nSPS) is 10.8. The van der Waals surface area contributed by atoms with Gasteiger partial charge in [-0.25, -0.2) is 4.98 Å². The lowest BCUT2D eigenvalue weighted by Crippen LogP contribution is -2.00. The first-order valence-corrected chi connectivity index (χ1v) is 10.5. The van der Waals surface area contributed by atoms with E-state index < -0.39 is 9.85 Å². The molecular formula is C19H13BrIN5O5. The molecule has 0 spiro atoms. The highest BCUT2D eigenvalue weighted by Gasteiger charge is 2.11. The average molecular weight is 598 g/mol. The molecule has 0 aliphatic heterocycles. The lowest BCUT2D eigenvalue weighted by Gasteiger charge is -2.11. The summed E-state index contributed by atoms with van der Waals surface area (Å²) in [6.45, 7) is 0.178. The van der Waals surface area contributed by atoms with Crippen LogP contribution in [0.25, 0.3) is 0 Å². The fourth-order valence-corrected chi connectivity index (χ4v) is 4.21. The first kappa shape index (κ1) is 22.6. The first-order chi connectivity index (χ1) is 14.8. The zero-order valence-electron chi connectivity index (χ0n) is 15.6. The third kappa shape index (κ3) is 6.18. The van der Waals surface area contributed by atoms with E-state index in [4.69, 9.17) is 4.74 Å². The number of hydrazone groups is 1. The Kier molecular flexibility index (Phi) is 7.46. The van der Waals surface area contributed by atoms with Gasteiger partial charge < -0.3 is 4.74 Å². The van der Waals surface area contributed by atoms with Crippen LogP contribution >= 0.6 is 38.5 Å². The average Bonchev–Trinajstić information content (AvgIpc) is 2.73. The quantitative estimate of drug-likeness (QED) is 0.161. The van der Waals surface area contributed by atoms with Crippen molar-refractivity contribution in [2.45, 2.75) is 6.61 Å². The van der Waals surface area contributed by atoms with Crippen molar-refractivity contribution in [1.82, 2.24) is 4.98 Å². The molecule has 10 nitrogen and oxygen atoms in total. The molecule has 0 saturated heterocycles. The number of hydrogen-bond donors (Lipinski definition) is 1. The van der Waals surface area contributed by atoms with Crippen molar-refractivity contribution in [3.8, 4) is 5.75 Å². The van der Waals surface area contributed by atoms with Crippen molar-refractivity contribution in [2.24, 2.45) is 5.10 Å². The van der Waals surface area contributed by atoms with Gasteiger partial charge in [-0.15, -0.1) is 0 Å². The second-order valence-electron chi connectivity index (χ2n) is 6.06. The van der Waals surface area contributed by atoms with E-state index in [1.165, 1.54) is 24.3 Å². The minimum Gasteiger partial charge on any atom is -0.487 e. The van der Waals surface area contributed by atoms with Gasteiger partial charge in [0.15, 0.2) is 0 Å². The summed E-state index contributed by atoms with van der Waals surface area (Å²) in [6, 6.07) is 12.7. The molecule has 0 aliphatic rings. The Bertz CT molecular complexity index is 1130. The minimum absolute atomic E-state index is 0.0106. The minimum atomic E-state index is -0.526. The standard InChI is InChI=1S/C19H13BrIN5O5/c20-16-7-13(9-23-24-18-5-4-15(10-22-18)26(29)30)8-17(21)19(16)31-11-12-2-1-3-14(6-12)25(27)28/h1-10H,11H2,(H,22,24)/b23-9+. The number of ether oxygens (including phenoxy) is 1. The molecule has 31 heavy (non-hydrogen) atoms. The van der Waals surface area contributed by atoms with E-state index in [-0.39, 0.29) is 18.0 Å². The maximum absolute atomic E-state index is 10.9. The number of anilines is 1. The van der Waals surface area contributed by atoms with E-state index in [0.29, 0.717) is 21.6 Å². The van der Waals surface area contributed by atoms with Crippen LogP contribution in [0.4, 0.5) is 17.2 Å². The van der Waals surface area contributed by atoms with Gasteiger partial charge in [0.05, 0.1) is 24.1 Å². The predicted molar refractivity (Wildman–Crippen MR) is 126 cm³/mol. The van der Waals surface area contributed by atoms with Gasteiger partial charge in [-0.05, 0) is 67.8 Å². The topological polar surface area (TPSA) is 133 Å². The number of benzene rings is 2. The fraction of sp³-hybridized carbons (Fsp3) is 0.0526. The molecular weight excluding hydrogens is 585 g/mol. The zero-order valence-corrected chi connectivity index (χ0v) is 19.3. The summed E-state index contributed by atoms with van der Waals surface area (Å²) in [4.78, 5) is 24.5. The van der Waals surface area contributed by atoms with Crippen molar-refractivity contribution >= 4 is 61.9 Å². The molecule has 0 amide bonds. The van der Waals surface area contributed by atoms with Gasteiger partial charge in [0.25, 0.3) is 11.4 Å². The number of aromatic nitrogens is 1. The second-order valence-corrected chi connectivity index (χ2v) is 8.07. The number of nitro benzene ring substituents is 1. The van der Waals surface area contributed by atoms with Crippen LogP contribution < -0.4 is 10.2 Å². The van der Waals surface area contributed by atoms with Crippen molar-refractivity contribution in [1.29, 1.82) is 0 Å². The Morgan fingerprint density at radius 3 is 2.55 bits per heavy atom. The molecule has 0 radical (unpaired) electrons. The van der Waals surface area contributed by atoms with Gasteiger partial charge in [-0.3, -0.25) is 25.7 Å². The van der Waals surface area contributed by atoms with E-state index in [1.54, 1.807) is 24.4 Å². The Morgan fingerprint density at radius 2 is 1.90 bits per heavy atom. The summed E-state index contributed by atoms with van der Waals surface area (Å²) in [6.07, 6.45) is 2.71. The lowest BCUT2D eigenvalue weighted by molar-refractivity contribution is -0.385. The highest BCUT2D eigenvalue weighted by molar-refractivity contribution is 14.1.